The van der Waals surface area contributed by atoms with E-state index in [0.717, 1.165) is 32.5 Å². The third-order valence-electron chi connectivity index (χ3n) is 3.81. The summed E-state index contributed by atoms with van der Waals surface area (Å²) in [5.74, 6) is 0. The molecule has 2 N–H and O–H groups in total. The van der Waals surface area contributed by atoms with Gasteiger partial charge in [-0.2, -0.15) is 0 Å². The van der Waals surface area contributed by atoms with Gasteiger partial charge in [-0.1, -0.05) is 0 Å². The highest BCUT2D eigenvalue weighted by atomic mass is 15.0. The van der Waals surface area contributed by atoms with Crippen LogP contribution in [0.1, 0.15) is 61.3 Å². The van der Waals surface area contributed by atoms with Gasteiger partial charge in [0.1, 0.15) is 0 Å². The van der Waals surface area contributed by atoms with Crippen LogP contribution in [0.5, 0.6) is 0 Å². The Morgan fingerprint density at radius 1 is 0.952 bits per heavy atom. The first-order chi connectivity index (χ1) is 9.60. The Balaban J connectivity index is 2.83. The van der Waals surface area contributed by atoms with Crippen LogP contribution in [-0.2, 0) is 0 Å². The molecule has 0 saturated heterocycles. The summed E-state index contributed by atoms with van der Waals surface area (Å²) in [6.07, 6.45) is 1.95. The molecule has 1 aliphatic rings. The average Bonchev–Trinajstić information content (AvgIpc) is 2.30. The molecule has 21 heavy (non-hydrogen) atoms. The van der Waals surface area contributed by atoms with Crippen molar-refractivity contribution in [2.45, 2.75) is 78.4 Å². The van der Waals surface area contributed by atoms with E-state index in [1.54, 1.807) is 0 Å². The van der Waals surface area contributed by atoms with Gasteiger partial charge in [-0.25, -0.2) is 0 Å². The van der Waals surface area contributed by atoms with Crippen molar-refractivity contribution in [3.05, 3.63) is 0 Å². The van der Waals surface area contributed by atoms with Gasteiger partial charge in [0, 0.05) is 48.4 Å². The molecule has 1 heterocycles. The van der Waals surface area contributed by atoms with E-state index in [9.17, 15) is 0 Å². The lowest BCUT2D eigenvalue weighted by molar-refractivity contribution is 0.385. The van der Waals surface area contributed by atoms with Gasteiger partial charge in [-0.05, 0) is 48.5 Å². The summed E-state index contributed by atoms with van der Waals surface area (Å²) >= 11 is 0. The minimum atomic E-state index is 0.0715. The molecule has 0 radical (unpaired) electrons. The first-order valence-electron chi connectivity index (χ1n) is 8.13. The molecule has 0 saturated carbocycles. The maximum absolute atomic E-state index is 4.83. The summed E-state index contributed by atoms with van der Waals surface area (Å²) in [5.41, 5.74) is 2.59. The summed E-state index contributed by atoms with van der Waals surface area (Å²) in [6, 6.07) is 0.306. The molecule has 1 atom stereocenters. The third-order valence-corrected chi connectivity index (χ3v) is 3.81. The molecule has 0 spiro atoms. The van der Waals surface area contributed by atoms with E-state index >= 15 is 0 Å². The zero-order valence-electron chi connectivity index (χ0n) is 15.0. The molecule has 0 fully saturated rings. The number of hydrogen-bond donors (Lipinski definition) is 2. The van der Waals surface area contributed by atoms with Crippen molar-refractivity contribution < 1.29 is 0 Å². The van der Waals surface area contributed by atoms with Gasteiger partial charge >= 0.3 is 0 Å². The number of nitrogens with one attached hydrogen (secondary N) is 2. The number of hydrogen-bond acceptors (Lipinski definition) is 4. The van der Waals surface area contributed by atoms with Crippen molar-refractivity contribution in [3.8, 4) is 0 Å². The second kappa shape index (κ2) is 7.50. The third kappa shape index (κ3) is 7.72. The zero-order chi connectivity index (χ0) is 16.1. The quantitative estimate of drug-likeness (QED) is 0.722. The molecule has 122 valence electrons. The highest BCUT2D eigenvalue weighted by molar-refractivity contribution is 5.83. The standard InChI is InChI=1S/C17H34N4/c1-13-10-17(6,7)20-12-15(3)21-14(2)11-16(4,5)19-9-8-18-13/h15,19-20H,8-12H2,1-7H3. The summed E-state index contributed by atoms with van der Waals surface area (Å²) in [5, 5.41) is 7.23. The van der Waals surface area contributed by atoms with E-state index in [0.29, 0.717) is 6.04 Å². The smallest absolute Gasteiger partial charge is 0.0595 e. The van der Waals surface area contributed by atoms with Gasteiger partial charge < -0.3 is 10.6 Å². The zero-order valence-corrected chi connectivity index (χ0v) is 15.0. The second-order valence-electron chi connectivity index (χ2n) is 7.76. The Morgan fingerprint density at radius 2 is 1.52 bits per heavy atom. The van der Waals surface area contributed by atoms with E-state index in [4.69, 9.17) is 9.98 Å². The molecule has 1 aliphatic heterocycles. The monoisotopic (exact) mass is 294 g/mol. The Labute approximate surface area is 130 Å². The average molecular weight is 294 g/mol. The molecule has 0 bridgehead atoms. The second-order valence-corrected chi connectivity index (χ2v) is 7.76. The summed E-state index contributed by atoms with van der Waals surface area (Å²) in [6.45, 7) is 18.1. The van der Waals surface area contributed by atoms with Crippen LogP contribution in [-0.4, -0.2) is 48.2 Å². The van der Waals surface area contributed by atoms with Crippen LogP contribution in [0.2, 0.25) is 0 Å². The van der Waals surface area contributed by atoms with E-state index in [2.05, 4.69) is 59.1 Å². The van der Waals surface area contributed by atoms with Gasteiger partial charge in [-0.15, -0.1) is 0 Å². The van der Waals surface area contributed by atoms with Crippen molar-refractivity contribution >= 4 is 11.4 Å². The minimum Gasteiger partial charge on any atom is -0.310 e. The lowest BCUT2D eigenvalue weighted by Gasteiger charge is -2.29. The van der Waals surface area contributed by atoms with Crippen LogP contribution in [0.4, 0.5) is 0 Å². The maximum Gasteiger partial charge on any atom is 0.0595 e. The van der Waals surface area contributed by atoms with Crippen LogP contribution >= 0.6 is 0 Å². The van der Waals surface area contributed by atoms with Crippen molar-refractivity contribution in [1.29, 1.82) is 0 Å². The van der Waals surface area contributed by atoms with E-state index in [-0.39, 0.29) is 11.1 Å². The van der Waals surface area contributed by atoms with Crippen molar-refractivity contribution in [3.63, 3.8) is 0 Å². The number of nitrogens with zero attached hydrogens (tertiary/aromatic N) is 2. The molecule has 4 heteroatoms. The minimum absolute atomic E-state index is 0.0715. The number of aliphatic imine (C=N–C) groups is 2. The first-order valence-corrected chi connectivity index (χ1v) is 8.13. The van der Waals surface area contributed by atoms with Crippen LogP contribution < -0.4 is 10.6 Å². The van der Waals surface area contributed by atoms with Crippen molar-refractivity contribution in [2.24, 2.45) is 9.98 Å². The van der Waals surface area contributed by atoms with Gasteiger partial charge in [0.25, 0.3) is 0 Å². The van der Waals surface area contributed by atoms with Gasteiger partial charge in [-0.3, -0.25) is 9.98 Å². The SMILES string of the molecule is CC1=NCCNC(C)(C)CC(C)=NC(C)CNC(C)(C)C1. The highest BCUT2D eigenvalue weighted by Gasteiger charge is 2.21. The first kappa shape index (κ1) is 18.3. The molecule has 1 unspecified atom stereocenters. The lowest BCUT2D eigenvalue weighted by atomic mass is 9.96. The molecular formula is C17H34N4. The fraction of sp³-hybridized carbons (Fsp3) is 0.882. The maximum atomic E-state index is 4.83. The van der Waals surface area contributed by atoms with Crippen molar-refractivity contribution in [2.75, 3.05) is 19.6 Å². The van der Waals surface area contributed by atoms with Gasteiger partial charge in [0.2, 0.25) is 0 Å². The molecule has 0 aliphatic carbocycles. The van der Waals surface area contributed by atoms with Crippen LogP contribution in [0.3, 0.4) is 0 Å². The molecule has 0 aromatic carbocycles. The van der Waals surface area contributed by atoms with Crippen LogP contribution in [0.25, 0.3) is 0 Å². The van der Waals surface area contributed by atoms with Crippen molar-refractivity contribution in [1.82, 2.24) is 10.6 Å². The van der Waals surface area contributed by atoms with Gasteiger partial charge in [0.15, 0.2) is 0 Å². The molecule has 0 aromatic heterocycles. The Kier molecular flexibility index (Phi) is 6.54. The molecule has 0 aromatic rings. The molecule has 1 rings (SSSR count). The van der Waals surface area contributed by atoms with Crippen LogP contribution in [0, 0.1) is 0 Å². The van der Waals surface area contributed by atoms with E-state index in [1.165, 1.54) is 11.4 Å². The Hall–Kier alpha value is -0.740. The topological polar surface area (TPSA) is 48.8 Å². The largest absolute Gasteiger partial charge is 0.310 e. The van der Waals surface area contributed by atoms with Crippen LogP contribution in [0.15, 0.2) is 9.98 Å². The molecule has 4 nitrogen and oxygen atoms in total. The predicted molar refractivity (Wildman–Crippen MR) is 93.9 cm³/mol. The predicted octanol–water partition coefficient (Wildman–Crippen LogP) is 2.83. The summed E-state index contributed by atoms with van der Waals surface area (Å²) in [4.78, 5) is 9.52. The highest BCUT2D eigenvalue weighted by Crippen LogP contribution is 2.13. The molecular weight excluding hydrogens is 260 g/mol. The normalized spacial score (nSPS) is 28.2. The van der Waals surface area contributed by atoms with Gasteiger partial charge in [0.05, 0.1) is 12.6 Å². The number of rotatable bonds is 0. The fourth-order valence-corrected chi connectivity index (χ4v) is 2.99. The molecule has 0 amide bonds. The van der Waals surface area contributed by atoms with E-state index in [1.807, 2.05) is 0 Å². The summed E-state index contributed by atoms with van der Waals surface area (Å²) < 4.78 is 0. The van der Waals surface area contributed by atoms with E-state index < -0.39 is 0 Å². The Bertz CT molecular complexity index is 394. The fourth-order valence-electron chi connectivity index (χ4n) is 2.99. The Morgan fingerprint density at radius 3 is 2.19 bits per heavy atom. The summed E-state index contributed by atoms with van der Waals surface area (Å²) in [7, 11) is 0. The lowest BCUT2D eigenvalue weighted by Crippen LogP contribution is -2.45.